The smallest absolute Gasteiger partial charge is 0.303 e. The van der Waals surface area contributed by atoms with E-state index in [-0.39, 0.29) is 11.4 Å². The molecule has 10 atom stereocenters. The summed E-state index contributed by atoms with van der Waals surface area (Å²) < 4.78 is 56.2. The van der Waals surface area contributed by atoms with Crippen molar-refractivity contribution in [2.24, 2.45) is 0 Å². The average Bonchev–Trinajstić information content (AvgIpc) is 3.50. The van der Waals surface area contributed by atoms with Gasteiger partial charge in [0.2, 0.25) is 0 Å². The summed E-state index contributed by atoms with van der Waals surface area (Å²) in [5.74, 6) is -6.22. The molecule has 3 heterocycles. The van der Waals surface area contributed by atoms with Crippen LogP contribution in [0.4, 0.5) is 0 Å². The van der Waals surface area contributed by atoms with E-state index >= 15 is 0 Å². The lowest BCUT2D eigenvalue weighted by Crippen LogP contribution is -2.61. The molecule has 53 heavy (non-hydrogen) atoms. The third-order valence-corrected chi connectivity index (χ3v) is 8.30. The molecule has 2 fully saturated rings. The Labute approximate surface area is 306 Å². The first kappa shape index (κ1) is 42.6. The summed E-state index contributed by atoms with van der Waals surface area (Å²) >= 11 is 0.992. The zero-order valence-electron chi connectivity index (χ0n) is 30.1. The van der Waals surface area contributed by atoms with Crippen molar-refractivity contribution in [3.63, 3.8) is 0 Å². The monoisotopic (exact) mass is 775 g/mol. The topological polar surface area (TPSA) is 260 Å². The van der Waals surface area contributed by atoms with E-state index in [2.05, 4.69) is 10.3 Å². The maximum atomic E-state index is 12.2. The predicted octanol–water partition coefficient (Wildman–Crippen LogP) is -0.150. The van der Waals surface area contributed by atoms with Crippen molar-refractivity contribution >= 4 is 59.5 Å². The van der Waals surface area contributed by atoms with Crippen molar-refractivity contribution in [2.75, 3.05) is 13.2 Å². The van der Waals surface area contributed by atoms with E-state index < -0.39 is 121 Å². The van der Waals surface area contributed by atoms with Crippen molar-refractivity contribution in [3.05, 3.63) is 11.9 Å². The van der Waals surface area contributed by atoms with Gasteiger partial charge in [-0.15, -0.1) is 16.9 Å². The van der Waals surface area contributed by atoms with Gasteiger partial charge in [0.25, 0.3) is 0 Å². The lowest BCUT2D eigenvalue weighted by Gasteiger charge is -2.44. The Morgan fingerprint density at radius 1 is 0.566 bits per heavy atom. The minimum Gasteiger partial charge on any atom is -0.463 e. The van der Waals surface area contributed by atoms with Crippen LogP contribution in [0.15, 0.2) is 6.20 Å². The molecule has 21 nitrogen and oxygen atoms in total. The SMILES string of the molecule is CC(=O)OC[C@H]1O[C@@H](SCc2cn([C@@H]3O[C@H](COC(C)=O)[C@@H](OC(C)=O)[C@H](OC(C)=O)[C@H]3OC(C)=O)nn2)[C@H](OC(C)=O)[C@@H](OC(C)=O)[C@H]1OC(C)=O. The second kappa shape index (κ2) is 19.3. The van der Waals surface area contributed by atoms with Crippen molar-refractivity contribution in [2.45, 2.75) is 122 Å². The molecular weight excluding hydrogens is 734 g/mol. The fourth-order valence-electron chi connectivity index (χ4n) is 5.41. The standard InChI is InChI=1S/C31H41N3O18S/c1-13(35)43-10-22-24(45-15(3)37)26(47-17(5)39)28(49-19(7)41)30(51-22)34-9-21(32-33-34)12-53-31-29(50-20(8)42)27(48-18(6)40)25(46-16(4)38)23(52-31)11-44-14(2)36/h9,22-31H,10-12H2,1-8H3/t22-,23-,24-,25+,26+,27+,28-,29-,30-,31+/m1/s1. The molecule has 22 heteroatoms. The van der Waals surface area contributed by atoms with Crippen LogP contribution in [0.5, 0.6) is 0 Å². The minimum absolute atomic E-state index is 0.0426. The number of thioether (sulfide) groups is 1. The number of aromatic nitrogens is 3. The highest BCUT2D eigenvalue weighted by molar-refractivity contribution is 7.99. The molecule has 3 rings (SSSR count). The number of carbonyl (C=O) groups is 8. The molecule has 2 saturated heterocycles. The van der Waals surface area contributed by atoms with Crippen LogP contribution in [-0.2, 0) is 91.5 Å². The molecule has 294 valence electrons. The molecule has 2 aliphatic heterocycles. The van der Waals surface area contributed by atoms with Gasteiger partial charge in [-0.1, -0.05) is 5.21 Å². The van der Waals surface area contributed by atoms with Gasteiger partial charge in [-0.3, -0.25) is 38.4 Å². The molecule has 0 N–H and O–H groups in total. The summed E-state index contributed by atoms with van der Waals surface area (Å²) in [6.45, 7) is 7.97. The molecule has 0 radical (unpaired) electrons. The van der Waals surface area contributed by atoms with Crippen molar-refractivity contribution in [3.8, 4) is 0 Å². The van der Waals surface area contributed by atoms with E-state index in [4.69, 9.17) is 47.4 Å². The van der Waals surface area contributed by atoms with Crippen LogP contribution in [0, 0.1) is 0 Å². The number of esters is 8. The second-order valence-corrected chi connectivity index (χ2v) is 12.7. The Morgan fingerprint density at radius 2 is 0.962 bits per heavy atom. The Bertz CT molecular complexity index is 1530. The summed E-state index contributed by atoms with van der Waals surface area (Å²) in [4.78, 5) is 96.2. The third-order valence-electron chi connectivity index (χ3n) is 7.13. The van der Waals surface area contributed by atoms with E-state index in [1.807, 2.05) is 0 Å². The zero-order chi connectivity index (χ0) is 39.6. The van der Waals surface area contributed by atoms with Gasteiger partial charge in [0.15, 0.2) is 42.9 Å². The van der Waals surface area contributed by atoms with Gasteiger partial charge >= 0.3 is 47.8 Å². The average molecular weight is 776 g/mol. The Morgan fingerprint density at radius 3 is 1.42 bits per heavy atom. The Balaban J connectivity index is 1.97. The summed E-state index contributed by atoms with van der Waals surface area (Å²) in [7, 11) is 0. The highest BCUT2D eigenvalue weighted by Crippen LogP contribution is 2.37. The quantitative estimate of drug-likeness (QED) is 0.176. The van der Waals surface area contributed by atoms with Crippen molar-refractivity contribution < 1.29 is 85.7 Å². The molecular formula is C31H41N3O18S. The Kier molecular flexibility index (Phi) is 15.5. The molecule has 0 aromatic carbocycles. The molecule has 1 aromatic heterocycles. The molecule has 0 amide bonds. The number of hydrogen-bond donors (Lipinski definition) is 0. The summed E-state index contributed by atoms with van der Waals surface area (Å²) in [5, 5.41) is 8.23. The van der Waals surface area contributed by atoms with Gasteiger partial charge in [0.1, 0.15) is 30.9 Å². The van der Waals surface area contributed by atoms with E-state index in [0.29, 0.717) is 0 Å². The van der Waals surface area contributed by atoms with E-state index in [9.17, 15) is 38.4 Å². The summed E-state index contributed by atoms with van der Waals surface area (Å²) in [5.41, 5.74) is -0.901. The third kappa shape index (κ3) is 12.7. The maximum absolute atomic E-state index is 12.2. The van der Waals surface area contributed by atoms with Gasteiger partial charge in [0, 0.05) is 61.1 Å². The highest BCUT2D eigenvalue weighted by atomic mass is 32.2. The molecule has 0 saturated carbocycles. The van der Waals surface area contributed by atoms with E-state index in [1.54, 1.807) is 0 Å². The number of ether oxygens (including phenoxy) is 10. The van der Waals surface area contributed by atoms with E-state index in [0.717, 1.165) is 71.8 Å². The number of rotatable bonds is 14. The lowest BCUT2D eigenvalue weighted by atomic mass is 9.97. The van der Waals surface area contributed by atoms with E-state index in [1.165, 1.54) is 6.20 Å². The first-order valence-corrected chi connectivity index (χ1v) is 17.0. The van der Waals surface area contributed by atoms with Crippen LogP contribution in [-0.4, -0.2) is 130 Å². The van der Waals surface area contributed by atoms with Gasteiger partial charge in [-0.2, -0.15) is 0 Å². The fourth-order valence-corrected chi connectivity index (χ4v) is 6.50. The first-order chi connectivity index (χ1) is 24.9. The number of hydrogen-bond acceptors (Lipinski definition) is 21. The number of nitrogens with zero attached hydrogens (tertiary/aromatic N) is 3. The summed E-state index contributed by atoms with van der Waals surface area (Å²) in [6.07, 6.45) is -10.8. The van der Waals surface area contributed by atoms with Crippen LogP contribution in [0.1, 0.15) is 67.3 Å². The van der Waals surface area contributed by atoms with Crippen molar-refractivity contribution in [1.82, 2.24) is 15.0 Å². The van der Waals surface area contributed by atoms with Gasteiger partial charge in [-0.05, 0) is 0 Å². The molecule has 0 spiro atoms. The van der Waals surface area contributed by atoms with Gasteiger partial charge < -0.3 is 47.4 Å². The normalized spacial score (nSPS) is 28.0. The number of carbonyl (C=O) groups excluding carboxylic acids is 8. The van der Waals surface area contributed by atoms with Crippen LogP contribution in [0.3, 0.4) is 0 Å². The van der Waals surface area contributed by atoms with Crippen molar-refractivity contribution in [1.29, 1.82) is 0 Å². The lowest BCUT2D eigenvalue weighted by molar-refractivity contribution is -0.270. The fraction of sp³-hybridized carbons (Fsp3) is 0.677. The molecule has 1 aromatic rings. The minimum atomic E-state index is -1.46. The van der Waals surface area contributed by atoms with Crippen LogP contribution >= 0.6 is 11.8 Å². The first-order valence-electron chi connectivity index (χ1n) is 16.0. The maximum Gasteiger partial charge on any atom is 0.303 e. The molecule has 2 aliphatic rings. The Hall–Kier alpha value is -4.83. The molecule has 0 bridgehead atoms. The zero-order valence-corrected chi connectivity index (χ0v) is 30.9. The largest absolute Gasteiger partial charge is 0.463 e. The van der Waals surface area contributed by atoms with Crippen LogP contribution < -0.4 is 0 Å². The molecule has 0 aliphatic carbocycles. The summed E-state index contributed by atoms with van der Waals surface area (Å²) in [6, 6.07) is 0. The predicted molar refractivity (Wildman–Crippen MR) is 170 cm³/mol. The highest BCUT2D eigenvalue weighted by Gasteiger charge is 2.54. The molecule has 0 unspecified atom stereocenters. The second-order valence-electron chi connectivity index (χ2n) is 11.7. The van der Waals surface area contributed by atoms with Crippen LogP contribution in [0.2, 0.25) is 0 Å². The van der Waals surface area contributed by atoms with Crippen LogP contribution in [0.25, 0.3) is 0 Å². The van der Waals surface area contributed by atoms with Gasteiger partial charge in [-0.25, -0.2) is 4.68 Å². The van der Waals surface area contributed by atoms with Gasteiger partial charge in [0.05, 0.1) is 11.9 Å².